The first-order chi connectivity index (χ1) is 15.5. The largest absolute Gasteiger partial charge is 0.494 e. The Morgan fingerprint density at radius 3 is 2.44 bits per heavy atom. The van der Waals surface area contributed by atoms with Crippen LogP contribution < -0.4 is 4.74 Å². The van der Waals surface area contributed by atoms with Gasteiger partial charge in [-0.15, -0.1) is 0 Å². The van der Waals surface area contributed by atoms with Crippen molar-refractivity contribution < 1.29 is 17.7 Å². The Labute approximate surface area is 190 Å². The fourth-order valence-corrected chi connectivity index (χ4v) is 6.00. The number of benzene rings is 1. The van der Waals surface area contributed by atoms with E-state index in [4.69, 9.17) is 9.26 Å². The van der Waals surface area contributed by atoms with Crippen LogP contribution >= 0.6 is 0 Å². The average molecular weight is 464 g/mol. The molecule has 0 N–H and O–H groups in total. The van der Waals surface area contributed by atoms with Gasteiger partial charge >= 0.3 is 0 Å². The van der Waals surface area contributed by atoms with E-state index in [-0.39, 0.29) is 6.04 Å². The van der Waals surface area contributed by atoms with Crippen LogP contribution in [-0.2, 0) is 16.8 Å². The van der Waals surface area contributed by atoms with E-state index in [2.05, 4.69) is 15.0 Å². The highest BCUT2D eigenvalue weighted by molar-refractivity contribution is 7.86. The molecule has 1 aromatic heterocycles. The Morgan fingerprint density at radius 1 is 1.09 bits per heavy atom. The fourth-order valence-electron chi connectivity index (χ4n) is 4.43. The highest BCUT2D eigenvalue weighted by atomic mass is 32.2. The van der Waals surface area contributed by atoms with Crippen LogP contribution in [0.4, 0.5) is 0 Å². The van der Waals surface area contributed by atoms with E-state index in [9.17, 15) is 8.42 Å². The Morgan fingerprint density at radius 2 is 1.78 bits per heavy atom. The maximum Gasteiger partial charge on any atom is 0.282 e. The van der Waals surface area contributed by atoms with Crippen molar-refractivity contribution in [3.05, 3.63) is 30.2 Å². The molecule has 0 spiro atoms. The molecule has 2 heterocycles. The van der Waals surface area contributed by atoms with Gasteiger partial charge in [0.05, 0.1) is 13.2 Å². The quantitative estimate of drug-likeness (QED) is 0.594. The van der Waals surface area contributed by atoms with Gasteiger partial charge in [-0.05, 0) is 44.0 Å². The van der Waals surface area contributed by atoms with Gasteiger partial charge in [0.2, 0.25) is 11.7 Å². The number of piperazine rings is 1. The first-order valence-corrected chi connectivity index (χ1v) is 12.9. The summed E-state index contributed by atoms with van der Waals surface area (Å²) in [6, 6.07) is 7.72. The normalized spacial score (nSPS) is 19.5. The van der Waals surface area contributed by atoms with Crippen LogP contribution in [0.15, 0.2) is 28.8 Å². The van der Waals surface area contributed by atoms with Crippen LogP contribution in [0.2, 0.25) is 0 Å². The molecule has 0 bridgehead atoms. The molecule has 10 heteroatoms. The average Bonchev–Trinajstić information content (AvgIpc) is 3.28. The molecule has 0 radical (unpaired) electrons. The summed E-state index contributed by atoms with van der Waals surface area (Å²) in [6.45, 7) is 5.30. The second kappa shape index (κ2) is 10.3. The lowest BCUT2D eigenvalue weighted by molar-refractivity contribution is 0.155. The monoisotopic (exact) mass is 463 g/mol. The number of hydrogen-bond acceptors (Lipinski definition) is 7. The molecule has 2 fully saturated rings. The summed E-state index contributed by atoms with van der Waals surface area (Å²) in [5, 5.41) is 4.09. The minimum atomic E-state index is -3.42. The molecule has 0 atom stereocenters. The second-order valence-corrected chi connectivity index (χ2v) is 10.4. The Kier molecular flexibility index (Phi) is 7.44. The molecule has 32 heavy (non-hydrogen) atoms. The summed E-state index contributed by atoms with van der Waals surface area (Å²) in [4.78, 5) is 6.66. The fraction of sp³-hybridized carbons (Fsp3) is 0.636. The molecule has 176 valence electrons. The third-order valence-electron chi connectivity index (χ3n) is 6.36. The predicted molar refractivity (Wildman–Crippen MR) is 121 cm³/mol. The van der Waals surface area contributed by atoms with Crippen LogP contribution in [0.1, 0.15) is 44.9 Å². The molecule has 1 aliphatic carbocycles. The second-order valence-electron chi connectivity index (χ2n) is 8.46. The van der Waals surface area contributed by atoms with Gasteiger partial charge in [0, 0.05) is 44.8 Å². The highest BCUT2D eigenvalue weighted by Crippen LogP contribution is 2.25. The van der Waals surface area contributed by atoms with Gasteiger partial charge in [0.1, 0.15) is 5.75 Å². The predicted octanol–water partition coefficient (Wildman–Crippen LogP) is 2.76. The zero-order valence-electron chi connectivity index (χ0n) is 18.9. The molecule has 0 unspecified atom stereocenters. The lowest BCUT2D eigenvalue weighted by atomic mass is 9.96. The Bertz CT molecular complexity index is 964. The minimum absolute atomic E-state index is 0.131. The summed E-state index contributed by atoms with van der Waals surface area (Å²) >= 11 is 0. The molecule has 2 aromatic rings. The van der Waals surface area contributed by atoms with Crippen LogP contribution in [0, 0.1) is 0 Å². The smallest absolute Gasteiger partial charge is 0.282 e. The number of hydrogen-bond donors (Lipinski definition) is 0. The van der Waals surface area contributed by atoms with Crippen molar-refractivity contribution in [3.63, 3.8) is 0 Å². The summed E-state index contributed by atoms with van der Waals surface area (Å²) in [7, 11) is -1.68. The first-order valence-electron chi connectivity index (χ1n) is 11.5. The molecule has 2 aliphatic rings. The summed E-state index contributed by atoms with van der Waals surface area (Å²) in [5.41, 5.74) is 0.866. The zero-order chi connectivity index (χ0) is 22.6. The lowest BCUT2D eigenvalue weighted by Gasteiger charge is -2.38. The number of rotatable bonds is 8. The molecule has 4 rings (SSSR count). The standard InChI is InChI=1S/C22H33N5O4S/c1-3-30-20-11-9-18(10-12-20)22-23-21(31-24-22)17-26-13-15-27(16-14-26)32(28,29)25(2)19-7-5-4-6-8-19/h9-12,19H,3-8,13-17H2,1-2H3. The van der Waals surface area contributed by atoms with E-state index in [1.165, 1.54) is 6.42 Å². The molecule has 1 saturated carbocycles. The molecule has 1 aliphatic heterocycles. The van der Waals surface area contributed by atoms with Crippen molar-refractivity contribution in [2.75, 3.05) is 39.8 Å². The van der Waals surface area contributed by atoms with E-state index in [1.54, 1.807) is 15.7 Å². The zero-order valence-corrected chi connectivity index (χ0v) is 19.8. The Balaban J connectivity index is 1.30. The van der Waals surface area contributed by atoms with Crippen molar-refractivity contribution in [2.24, 2.45) is 0 Å². The summed E-state index contributed by atoms with van der Waals surface area (Å²) in [5.74, 6) is 1.88. The lowest BCUT2D eigenvalue weighted by Crippen LogP contribution is -2.54. The van der Waals surface area contributed by atoms with Crippen molar-refractivity contribution in [1.82, 2.24) is 23.7 Å². The van der Waals surface area contributed by atoms with Crippen molar-refractivity contribution in [2.45, 2.75) is 51.6 Å². The van der Waals surface area contributed by atoms with Gasteiger partial charge in [-0.2, -0.15) is 22.0 Å². The maximum atomic E-state index is 13.1. The maximum absolute atomic E-state index is 13.1. The van der Waals surface area contributed by atoms with E-state index in [1.807, 2.05) is 31.2 Å². The van der Waals surface area contributed by atoms with Gasteiger partial charge in [-0.1, -0.05) is 24.4 Å². The molecular weight excluding hydrogens is 430 g/mol. The highest BCUT2D eigenvalue weighted by Gasteiger charge is 2.34. The molecule has 9 nitrogen and oxygen atoms in total. The van der Waals surface area contributed by atoms with E-state index < -0.39 is 10.2 Å². The van der Waals surface area contributed by atoms with Crippen LogP contribution in [0.25, 0.3) is 11.4 Å². The van der Waals surface area contributed by atoms with E-state index in [0.29, 0.717) is 51.0 Å². The van der Waals surface area contributed by atoms with Gasteiger partial charge in [0.15, 0.2) is 0 Å². The van der Waals surface area contributed by atoms with Crippen molar-refractivity contribution in [3.8, 4) is 17.1 Å². The van der Waals surface area contributed by atoms with Gasteiger partial charge in [0.25, 0.3) is 10.2 Å². The SMILES string of the molecule is CCOc1ccc(-c2noc(CN3CCN(S(=O)(=O)N(C)C4CCCCC4)CC3)n2)cc1. The number of nitrogens with zero attached hydrogens (tertiary/aromatic N) is 5. The summed E-state index contributed by atoms with van der Waals surface area (Å²) < 4.78 is 40.2. The van der Waals surface area contributed by atoms with Crippen molar-refractivity contribution >= 4 is 10.2 Å². The van der Waals surface area contributed by atoms with Crippen LogP contribution in [-0.4, -0.2) is 77.9 Å². The molecule has 0 amide bonds. The molecule has 1 saturated heterocycles. The first kappa shape index (κ1) is 23.2. The van der Waals surface area contributed by atoms with Crippen LogP contribution in [0.5, 0.6) is 5.75 Å². The third-order valence-corrected chi connectivity index (χ3v) is 8.40. The number of ether oxygens (including phenoxy) is 1. The van der Waals surface area contributed by atoms with Crippen molar-refractivity contribution in [1.29, 1.82) is 0 Å². The number of aromatic nitrogens is 2. The molecule has 1 aromatic carbocycles. The topological polar surface area (TPSA) is 92.0 Å². The molecular formula is C22H33N5O4S. The van der Waals surface area contributed by atoms with E-state index in [0.717, 1.165) is 37.0 Å². The van der Waals surface area contributed by atoms with Gasteiger partial charge in [-0.25, -0.2) is 0 Å². The van der Waals surface area contributed by atoms with Gasteiger partial charge < -0.3 is 9.26 Å². The summed E-state index contributed by atoms with van der Waals surface area (Å²) in [6.07, 6.45) is 5.36. The van der Waals surface area contributed by atoms with E-state index >= 15 is 0 Å². The Hall–Kier alpha value is -2.01. The minimum Gasteiger partial charge on any atom is -0.494 e. The third kappa shape index (κ3) is 5.31. The van der Waals surface area contributed by atoms with Crippen LogP contribution in [0.3, 0.4) is 0 Å². The van der Waals surface area contributed by atoms with Gasteiger partial charge in [-0.3, -0.25) is 4.90 Å².